The van der Waals surface area contributed by atoms with Gasteiger partial charge >= 0.3 is 5.97 Å². The van der Waals surface area contributed by atoms with Crippen LogP contribution in [0.5, 0.6) is 0 Å². The Bertz CT molecular complexity index is 1950. The summed E-state index contributed by atoms with van der Waals surface area (Å²) in [5, 5.41) is 24.6. The van der Waals surface area contributed by atoms with Crippen molar-refractivity contribution >= 4 is 23.5 Å². The Labute approximate surface area is 335 Å². The van der Waals surface area contributed by atoms with Crippen molar-refractivity contribution in [2.75, 3.05) is 31.2 Å². The molecule has 0 aliphatic carbocycles. The minimum atomic E-state index is -0.781. The van der Waals surface area contributed by atoms with Crippen molar-refractivity contribution in [1.29, 1.82) is 0 Å². The van der Waals surface area contributed by atoms with Crippen molar-refractivity contribution < 1.29 is 34.1 Å². The second-order valence-corrected chi connectivity index (χ2v) is 15.5. The normalized spacial score (nSPS) is 20.7. The lowest BCUT2D eigenvalue weighted by Gasteiger charge is -2.45. The average Bonchev–Trinajstić information content (AvgIpc) is 3.56. The first-order valence-corrected chi connectivity index (χ1v) is 20.3. The number of para-hydroxylation sites is 1. The molecule has 3 aliphatic heterocycles. The van der Waals surface area contributed by atoms with Gasteiger partial charge in [0.25, 0.3) is 0 Å². The first-order chi connectivity index (χ1) is 27.8. The molecule has 0 unspecified atom stereocenters. The van der Waals surface area contributed by atoms with Crippen molar-refractivity contribution in [3.8, 4) is 11.1 Å². The molecule has 11 heteroatoms. The number of hydrogen-bond acceptors (Lipinski definition) is 8. The number of amides is 2. The summed E-state index contributed by atoms with van der Waals surface area (Å²) >= 11 is 0. The van der Waals surface area contributed by atoms with E-state index in [9.17, 15) is 19.5 Å². The highest BCUT2D eigenvalue weighted by atomic mass is 16.7. The van der Waals surface area contributed by atoms with Crippen LogP contribution in [0.3, 0.4) is 0 Å². The Morgan fingerprint density at radius 1 is 0.807 bits per heavy atom. The molecule has 0 saturated carbocycles. The first-order valence-electron chi connectivity index (χ1n) is 20.3. The number of rotatable bonds is 16. The zero-order valence-electron chi connectivity index (χ0n) is 32.5. The monoisotopic (exact) mass is 774 g/mol. The molecule has 3 fully saturated rings. The minimum Gasteiger partial charge on any atom is -0.481 e. The number of aliphatic carboxylic acids is 1. The van der Waals surface area contributed by atoms with Crippen LogP contribution in [-0.2, 0) is 37.0 Å². The number of aliphatic hydroxyl groups excluding tert-OH is 1. The van der Waals surface area contributed by atoms with Crippen LogP contribution >= 0.6 is 0 Å². The fourth-order valence-electron chi connectivity index (χ4n) is 8.43. The van der Waals surface area contributed by atoms with E-state index in [1.165, 1.54) is 0 Å². The maximum absolute atomic E-state index is 13.3. The van der Waals surface area contributed by atoms with Gasteiger partial charge in [0.1, 0.15) is 5.54 Å². The third-order valence-electron chi connectivity index (χ3n) is 11.7. The molecule has 0 aromatic heterocycles. The summed E-state index contributed by atoms with van der Waals surface area (Å²) in [5.74, 6) is -0.687. The number of unbranched alkanes of at least 4 members (excludes halogenated alkanes) is 3. The van der Waals surface area contributed by atoms with Crippen molar-refractivity contribution in [1.82, 2.24) is 15.5 Å². The molecule has 3 atom stereocenters. The topological polar surface area (TPSA) is 141 Å². The number of carbonyl (C=O) groups excluding carboxylic acids is 2. The molecule has 4 aromatic rings. The molecule has 2 amide bonds. The molecule has 3 aliphatic rings. The number of aliphatic hydroxyl groups is 1. The molecule has 4 N–H and O–H groups in total. The van der Waals surface area contributed by atoms with Crippen molar-refractivity contribution in [3.63, 3.8) is 0 Å². The largest absolute Gasteiger partial charge is 0.481 e. The average molecular weight is 775 g/mol. The van der Waals surface area contributed by atoms with Gasteiger partial charge < -0.3 is 40.1 Å². The molecule has 3 saturated heterocycles. The summed E-state index contributed by atoms with van der Waals surface area (Å²) in [5.41, 5.74) is 6.38. The SMILES string of the molecule is O=C(O)CCCCCCC(=O)NCc1ccccc1-c1ccc([C@H]2O[C@@H](CN3CCC4(CC3)C(=O)NCN4c3ccccc3)C[C@@H](c3ccc(CO)cc3)O2)cc1. The molecule has 4 aromatic carbocycles. The second-order valence-electron chi connectivity index (χ2n) is 15.5. The second kappa shape index (κ2) is 18.9. The minimum absolute atomic E-state index is 0.0117. The number of piperidine rings is 1. The summed E-state index contributed by atoms with van der Waals surface area (Å²) in [6.07, 6.45) is 4.83. The van der Waals surface area contributed by atoms with Gasteiger partial charge in [0, 0.05) is 56.7 Å². The van der Waals surface area contributed by atoms with E-state index in [0.717, 1.165) is 90.8 Å². The molecule has 0 radical (unpaired) electrons. The molecule has 300 valence electrons. The quantitative estimate of drug-likeness (QED) is 0.0900. The van der Waals surface area contributed by atoms with E-state index in [1.54, 1.807) is 0 Å². The van der Waals surface area contributed by atoms with Gasteiger partial charge in [-0.05, 0) is 65.6 Å². The zero-order valence-corrected chi connectivity index (χ0v) is 32.5. The van der Waals surface area contributed by atoms with E-state index in [1.807, 2.05) is 60.7 Å². The van der Waals surface area contributed by atoms with Crippen LogP contribution in [-0.4, -0.2) is 70.8 Å². The van der Waals surface area contributed by atoms with E-state index < -0.39 is 17.8 Å². The molecule has 0 bridgehead atoms. The first kappa shape index (κ1) is 40.1. The Balaban J connectivity index is 1.00. The van der Waals surface area contributed by atoms with Gasteiger partial charge in [-0.3, -0.25) is 14.4 Å². The zero-order chi connectivity index (χ0) is 39.6. The molecular weight excluding hydrogens is 721 g/mol. The number of benzene rings is 4. The molecule has 11 nitrogen and oxygen atoms in total. The van der Waals surface area contributed by atoms with Crippen LogP contribution in [0.1, 0.15) is 92.4 Å². The number of hydrogen-bond donors (Lipinski definition) is 4. The summed E-state index contributed by atoms with van der Waals surface area (Å²) in [6, 6.07) is 34.4. The number of anilines is 1. The Morgan fingerprint density at radius 3 is 2.21 bits per heavy atom. The van der Waals surface area contributed by atoms with E-state index in [-0.39, 0.29) is 37.0 Å². The molecule has 7 rings (SSSR count). The number of nitrogens with one attached hydrogen (secondary N) is 2. The predicted octanol–water partition coefficient (Wildman–Crippen LogP) is 6.86. The fourth-order valence-corrected chi connectivity index (χ4v) is 8.43. The van der Waals surface area contributed by atoms with Gasteiger partial charge in [-0.1, -0.05) is 104 Å². The van der Waals surface area contributed by atoms with Gasteiger partial charge in [-0.25, -0.2) is 0 Å². The van der Waals surface area contributed by atoms with E-state index >= 15 is 0 Å². The molecule has 3 heterocycles. The van der Waals surface area contributed by atoms with Crippen LogP contribution < -0.4 is 15.5 Å². The highest BCUT2D eigenvalue weighted by Gasteiger charge is 2.50. The fraction of sp³-hybridized carbons (Fsp3) is 0.413. The predicted molar refractivity (Wildman–Crippen MR) is 218 cm³/mol. The molecular formula is C46H54N4O7. The van der Waals surface area contributed by atoms with E-state index in [2.05, 4.69) is 62.9 Å². The highest BCUT2D eigenvalue weighted by Crippen LogP contribution is 2.40. The third-order valence-corrected chi connectivity index (χ3v) is 11.7. The smallest absolute Gasteiger partial charge is 0.303 e. The van der Waals surface area contributed by atoms with Crippen LogP contribution in [0.4, 0.5) is 5.69 Å². The maximum Gasteiger partial charge on any atom is 0.303 e. The number of carboxylic acid groups (broad SMARTS) is 1. The van der Waals surface area contributed by atoms with Crippen molar-refractivity contribution in [2.24, 2.45) is 0 Å². The number of likely N-dealkylation sites (tertiary alicyclic amines) is 1. The van der Waals surface area contributed by atoms with Gasteiger partial charge in [0.15, 0.2) is 6.29 Å². The summed E-state index contributed by atoms with van der Waals surface area (Å²) in [7, 11) is 0. The van der Waals surface area contributed by atoms with E-state index in [4.69, 9.17) is 14.6 Å². The highest BCUT2D eigenvalue weighted by molar-refractivity contribution is 5.93. The van der Waals surface area contributed by atoms with Crippen LogP contribution in [0, 0.1) is 0 Å². The lowest BCUT2D eigenvalue weighted by atomic mass is 9.85. The van der Waals surface area contributed by atoms with Gasteiger partial charge in [-0.2, -0.15) is 0 Å². The summed E-state index contributed by atoms with van der Waals surface area (Å²) in [4.78, 5) is 41.3. The Hall–Kier alpha value is -5.07. The number of carbonyl (C=O) groups is 3. The van der Waals surface area contributed by atoms with Gasteiger partial charge in [0.05, 0.1) is 25.5 Å². The maximum atomic E-state index is 13.3. The summed E-state index contributed by atoms with van der Waals surface area (Å²) < 4.78 is 13.4. The number of nitrogens with zero attached hydrogens (tertiary/aromatic N) is 2. The van der Waals surface area contributed by atoms with Gasteiger partial charge in [-0.15, -0.1) is 0 Å². The van der Waals surface area contributed by atoms with E-state index in [0.29, 0.717) is 32.5 Å². The van der Waals surface area contributed by atoms with Crippen LogP contribution in [0.2, 0.25) is 0 Å². The Kier molecular flexibility index (Phi) is 13.3. The number of carboxylic acids is 1. The lowest BCUT2D eigenvalue weighted by molar-refractivity contribution is -0.253. The standard InChI is InChI=1S/C46H54N4O7/c51-31-33-16-18-35(19-17-33)41-28-39(30-49-26-24-46(25-27-49)45(55)48-32-50(46)38-11-4-3-5-12-38)56-44(57-41)36-22-20-34(21-23-36)40-13-9-8-10-37(40)29-47-42(52)14-6-1-2-7-15-43(53)54/h3-5,8-13,16-23,39,41,44,51H,1-2,6-7,14-15,24-32H2,(H,47,52)(H,48,55)(H,53,54)/t39-,41+,44+/m1/s1. The van der Waals surface area contributed by atoms with Crippen LogP contribution in [0.25, 0.3) is 11.1 Å². The van der Waals surface area contributed by atoms with Crippen molar-refractivity contribution in [3.05, 3.63) is 125 Å². The lowest BCUT2D eigenvalue weighted by Crippen LogP contribution is -2.57. The summed E-state index contributed by atoms with van der Waals surface area (Å²) in [6.45, 7) is 3.19. The molecule has 57 heavy (non-hydrogen) atoms. The van der Waals surface area contributed by atoms with Crippen molar-refractivity contribution in [2.45, 2.75) is 95.0 Å². The third kappa shape index (κ3) is 9.91. The Morgan fingerprint density at radius 2 is 1.49 bits per heavy atom. The van der Waals surface area contributed by atoms with Crippen LogP contribution in [0.15, 0.2) is 103 Å². The number of ether oxygens (including phenoxy) is 2. The molecule has 1 spiro atoms. The van der Waals surface area contributed by atoms with Gasteiger partial charge in [0.2, 0.25) is 11.8 Å².